The standard InChI is InChI=1S/C16H26O/c1-11(17)13-9-12-7-6-8-15(2,3)14(12)10-16(13,4)5/h9,13-14H,6-8,10H2,1-5H3. The van der Waals surface area contributed by atoms with Crippen LogP contribution < -0.4 is 0 Å². The number of ketones is 1. The van der Waals surface area contributed by atoms with E-state index in [4.69, 9.17) is 0 Å². The Morgan fingerprint density at radius 2 is 1.88 bits per heavy atom. The number of Topliss-reactive ketones (excluding diaryl/α,β-unsaturated/α-hetero) is 1. The molecule has 2 rings (SSSR count). The van der Waals surface area contributed by atoms with Gasteiger partial charge in [0.1, 0.15) is 5.78 Å². The van der Waals surface area contributed by atoms with Crippen molar-refractivity contribution >= 4 is 5.78 Å². The summed E-state index contributed by atoms with van der Waals surface area (Å²) in [6.07, 6.45) is 7.33. The summed E-state index contributed by atoms with van der Waals surface area (Å²) in [5, 5.41) is 0. The largest absolute Gasteiger partial charge is 0.299 e. The topological polar surface area (TPSA) is 17.1 Å². The number of rotatable bonds is 1. The first kappa shape index (κ1) is 12.9. The van der Waals surface area contributed by atoms with E-state index in [1.807, 2.05) is 0 Å². The third-order valence-electron chi connectivity index (χ3n) is 5.07. The second-order valence-electron chi connectivity index (χ2n) is 7.42. The van der Waals surface area contributed by atoms with Crippen molar-refractivity contribution in [3.8, 4) is 0 Å². The fourth-order valence-electron chi connectivity index (χ4n) is 3.97. The van der Waals surface area contributed by atoms with Crippen LogP contribution in [0.1, 0.15) is 60.3 Å². The first-order valence-corrected chi connectivity index (χ1v) is 6.95. The molecule has 0 spiro atoms. The number of fused-ring (bicyclic) bond motifs is 1. The quantitative estimate of drug-likeness (QED) is 0.616. The molecule has 96 valence electrons. The third-order valence-corrected chi connectivity index (χ3v) is 5.07. The average Bonchev–Trinajstić information content (AvgIpc) is 2.17. The van der Waals surface area contributed by atoms with Crippen molar-refractivity contribution in [2.75, 3.05) is 0 Å². The molecule has 0 amide bonds. The summed E-state index contributed by atoms with van der Waals surface area (Å²) < 4.78 is 0. The van der Waals surface area contributed by atoms with Gasteiger partial charge in [-0.15, -0.1) is 0 Å². The molecule has 2 aliphatic rings. The Labute approximate surface area is 106 Å². The van der Waals surface area contributed by atoms with Crippen molar-refractivity contribution in [3.63, 3.8) is 0 Å². The van der Waals surface area contributed by atoms with Crippen molar-refractivity contribution in [1.29, 1.82) is 0 Å². The fraction of sp³-hybridized carbons (Fsp3) is 0.812. The van der Waals surface area contributed by atoms with Crippen molar-refractivity contribution in [2.45, 2.75) is 60.3 Å². The van der Waals surface area contributed by atoms with Crippen LogP contribution in [0.2, 0.25) is 0 Å². The van der Waals surface area contributed by atoms with Crippen molar-refractivity contribution in [3.05, 3.63) is 11.6 Å². The van der Waals surface area contributed by atoms with Gasteiger partial charge in [0.25, 0.3) is 0 Å². The molecule has 2 atom stereocenters. The second-order valence-corrected chi connectivity index (χ2v) is 7.42. The van der Waals surface area contributed by atoms with Gasteiger partial charge in [-0.1, -0.05) is 39.3 Å². The molecule has 1 fully saturated rings. The summed E-state index contributed by atoms with van der Waals surface area (Å²) in [7, 11) is 0. The Bertz CT molecular complexity index is 360. The van der Waals surface area contributed by atoms with Crippen LogP contribution in [-0.2, 0) is 4.79 Å². The summed E-state index contributed by atoms with van der Waals surface area (Å²) in [6, 6.07) is 0. The highest BCUT2D eigenvalue weighted by atomic mass is 16.1. The molecule has 0 radical (unpaired) electrons. The Hall–Kier alpha value is -0.590. The molecule has 1 heteroatoms. The van der Waals surface area contributed by atoms with Gasteiger partial charge in [0, 0.05) is 5.92 Å². The molecule has 2 unspecified atom stereocenters. The highest BCUT2D eigenvalue weighted by Gasteiger charge is 2.45. The maximum atomic E-state index is 11.8. The molecule has 1 saturated carbocycles. The van der Waals surface area contributed by atoms with Crippen LogP contribution in [0.15, 0.2) is 11.6 Å². The summed E-state index contributed by atoms with van der Waals surface area (Å²) in [5.74, 6) is 1.17. The lowest BCUT2D eigenvalue weighted by Gasteiger charge is -2.49. The molecular weight excluding hydrogens is 208 g/mol. The smallest absolute Gasteiger partial charge is 0.137 e. The van der Waals surface area contributed by atoms with Gasteiger partial charge < -0.3 is 0 Å². The lowest BCUT2D eigenvalue weighted by molar-refractivity contribution is -0.123. The molecule has 0 heterocycles. The van der Waals surface area contributed by atoms with Gasteiger partial charge in [-0.05, 0) is 49.4 Å². The van der Waals surface area contributed by atoms with E-state index >= 15 is 0 Å². The van der Waals surface area contributed by atoms with Crippen LogP contribution in [0.4, 0.5) is 0 Å². The summed E-state index contributed by atoms with van der Waals surface area (Å²) >= 11 is 0. The number of hydrogen-bond acceptors (Lipinski definition) is 1. The summed E-state index contributed by atoms with van der Waals surface area (Å²) in [5.41, 5.74) is 2.12. The Balaban J connectivity index is 2.38. The molecule has 0 aliphatic heterocycles. The van der Waals surface area contributed by atoms with Crippen LogP contribution in [0.3, 0.4) is 0 Å². The molecule has 2 aliphatic carbocycles. The van der Waals surface area contributed by atoms with Crippen LogP contribution in [-0.4, -0.2) is 5.78 Å². The zero-order valence-electron chi connectivity index (χ0n) is 12.0. The third kappa shape index (κ3) is 2.21. The SMILES string of the molecule is CC(=O)C1C=C2CCCC(C)(C)C2CC1(C)C. The van der Waals surface area contributed by atoms with E-state index in [0.717, 1.165) is 0 Å². The molecule has 0 N–H and O–H groups in total. The summed E-state index contributed by atoms with van der Waals surface area (Å²) in [4.78, 5) is 11.8. The molecule has 0 aromatic rings. The molecule has 0 aromatic carbocycles. The fourth-order valence-corrected chi connectivity index (χ4v) is 3.97. The van der Waals surface area contributed by atoms with E-state index < -0.39 is 0 Å². The summed E-state index contributed by atoms with van der Waals surface area (Å²) in [6.45, 7) is 11.1. The van der Waals surface area contributed by atoms with Gasteiger partial charge in [0.2, 0.25) is 0 Å². The monoisotopic (exact) mass is 234 g/mol. The van der Waals surface area contributed by atoms with Gasteiger partial charge in [-0.25, -0.2) is 0 Å². The van der Waals surface area contributed by atoms with E-state index in [0.29, 0.717) is 17.1 Å². The van der Waals surface area contributed by atoms with Crippen LogP contribution in [0, 0.1) is 22.7 Å². The van der Waals surface area contributed by atoms with Gasteiger partial charge in [-0.3, -0.25) is 4.79 Å². The maximum absolute atomic E-state index is 11.8. The first-order valence-electron chi connectivity index (χ1n) is 6.95. The van der Waals surface area contributed by atoms with E-state index in [2.05, 4.69) is 33.8 Å². The van der Waals surface area contributed by atoms with Crippen LogP contribution >= 0.6 is 0 Å². The average molecular weight is 234 g/mol. The van der Waals surface area contributed by atoms with Gasteiger partial charge in [0.05, 0.1) is 0 Å². The minimum absolute atomic E-state index is 0.134. The van der Waals surface area contributed by atoms with Gasteiger partial charge in [-0.2, -0.15) is 0 Å². The lowest BCUT2D eigenvalue weighted by Crippen LogP contribution is -2.41. The molecule has 0 bridgehead atoms. The molecular formula is C16H26O. The molecule has 17 heavy (non-hydrogen) atoms. The number of carbonyl (C=O) groups excluding carboxylic acids is 1. The maximum Gasteiger partial charge on any atom is 0.137 e. The van der Waals surface area contributed by atoms with E-state index in [9.17, 15) is 4.79 Å². The number of allylic oxidation sites excluding steroid dienone is 2. The number of carbonyl (C=O) groups is 1. The lowest BCUT2D eigenvalue weighted by atomic mass is 9.55. The predicted molar refractivity (Wildman–Crippen MR) is 71.8 cm³/mol. The minimum atomic E-state index is 0.134. The predicted octanol–water partition coefficient (Wildman–Crippen LogP) is 4.37. The Kier molecular flexibility index (Phi) is 3.00. The second kappa shape index (κ2) is 3.96. The van der Waals surface area contributed by atoms with Gasteiger partial charge in [0.15, 0.2) is 0 Å². The normalized spacial score (nSPS) is 34.8. The highest BCUT2D eigenvalue weighted by Crippen LogP contribution is 2.54. The highest BCUT2D eigenvalue weighted by molar-refractivity contribution is 5.81. The van der Waals surface area contributed by atoms with Crippen molar-refractivity contribution in [1.82, 2.24) is 0 Å². The van der Waals surface area contributed by atoms with Gasteiger partial charge >= 0.3 is 0 Å². The zero-order chi connectivity index (χ0) is 12.8. The minimum Gasteiger partial charge on any atom is -0.299 e. The van der Waals surface area contributed by atoms with Crippen LogP contribution in [0.5, 0.6) is 0 Å². The molecule has 0 aromatic heterocycles. The zero-order valence-corrected chi connectivity index (χ0v) is 12.0. The Morgan fingerprint density at radius 3 is 2.47 bits per heavy atom. The first-order chi connectivity index (χ1) is 7.74. The van der Waals surface area contributed by atoms with Crippen molar-refractivity contribution in [2.24, 2.45) is 22.7 Å². The molecule has 0 saturated heterocycles. The van der Waals surface area contributed by atoms with E-state index in [-0.39, 0.29) is 11.3 Å². The van der Waals surface area contributed by atoms with E-state index in [1.54, 1.807) is 12.5 Å². The number of hydrogen-bond donors (Lipinski definition) is 0. The van der Waals surface area contributed by atoms with E-state index in [1.165, 1.54) is 25.7 Å². The van der Waals surface area contributed by atoms with Crippen molar-refractivity contribution < 1.29 is 4.79 Å². The van der Waals surface area contributed by atoms with Crippen LogP contribution in [0.25, 0.3) is 0 Å². The molecule has 1 nitrogen and oxygen atoms in total. The Morgan fingerprint density at radius 1 is 1.24 bits per heavy atom.